The molecule has 3 nitrogen and oxygen atoms in total. The van der Waals surface area contributed by atoms with Gasteiger partial charge >= 0.3 is 0 Å². The molecule has 0 saturated carbocycles. The number of hydrogen-bond donors (Lipinski definition) is 2. The molecule has 3 N–H and O–H groups in total. The Morgan fingerprint density at radius 1 is 1.50 bits per heavy atom. The molecular formula is C7H13N3. The average molecular weight is 139 g/mol. The number of imidazole rings is 1. The molecule has 0 aliphatic heterocycles. The lowest BCUT2D eigenvalue weighted by Crippen LogP contribution is -2.13. The highest BCUT2D eigenvalue weighted by molar-refractivity contribution is 5.38. The number of aromatic amines is 1. The summed E-state index contributed by atoms with van der Waals surface area (Å²) in [5.41, 5.74) is 6.66. The molecule has 0 radical (unpaired) electrons. The van der Waals surface area contributed by atoms with E-state index in [1.54, 1.807) is 6.33 Å². The third kappa shape index (κ3) is 1.12. The van der Waals surface area contributed by atoms with Crippen molar-refractivity contribution in [3.63, 3.8) is 0 Å². The van der Waals surface area contributed by atoms with Crippen LogP contribution in [0.15, 0.2) is 6.33 Å². The highest BCUT2D eigenvalue weighted by Crippen LogP contribution is 2.23. The van der Waals surface area contributed by atoms with Gasteiger partial charge in [0.25, 0.3) is 0 Å². The smallest absolute Gasteiger partial charge is 0.145 e. The summed E-state index contributed by atoms with van der Waals surface area (Å²) in [5, 5.41) is 0. The molecule has 1 aromatic heterocycles. The normalized spacial score (nSPS) is 11.9. The molecule has 0 unspecified atom stereocenters. The highest BCUT2D eigenvalue weighted by atomic mass is 15.0. The van der Waals surface area contributed by atoms with Crippen molar-refractivity contribution in [2.24, 2.45) is 0 Å². The Hall–Kier alpha value is -0.990. The van der Waals surface area contributed by atoms with Gasteiger partial charge in [-0.25, -0.2) is 4.98 Å². The van der Waals surface area contributed by atoms with Gasteiger partial charge in [-0.3, -0.25) is 0 Å². The fourth-order valence-electron chi connectivity index (χ4n) is 0.906. The van der Waals surface area contributed by atoms with Crippen LogP contribution in [0.3, 0.4) is 0 Å². The van der Waals surface area contributed by atoms with Gasteiger partial charge in [-0.15, -0.1) is 0 Å². The van der Waals surface area contributed by atoms with E-state index >= 15 is 0 Å². The molecule has 0 saturated heterocycles. The molecule has 0 atom stereocenters. The maximum Gasteiger partial charge on any atom is 0.145 e. The van der Waals surface area contributed by atoms with Crippen LogP contribution in [-0.4, -0.2) is 9.97 Å². The van der Waals surface area contributed by atoms with Crippen molar-refractivity contribution in [2.45, 2.75) is 26.2 Å². The van der Waals surface area contributed by atoms with Gasteiger partial charge in [-0.1, -0.05) is 20.8 Å². The molecular weight excluding hydrogens is 126 g/mol. The Bertz CT molecular complexity index is 219. The van der Waals surface area contributed by atoms with Crippen molar-refractivity contribution in [2.75, 3.05) is 5.73 Å². The first kappa shape index (κ1) is 7.12. The van der Waals surface area contributed by atoms with E-state index in [4.69, 9.17) is 5.73 Å². The molecule has 56 valence electrons. The second kappa shape index (κ2) is 2.01. The number of rotatable bonds is 0. The van der Waals surface area contributed by atoms with Gasteiger partial charge in [-0.05, 0) is 0 Å². The van der Waals surface area contributed by atoms with Crippen molar-refractivity contribution in [3.8, 4) is 0 Å². The number of H-pyrrole nitrogens is 1. The van der Waals surface area contributed by atoms with Crippen LogP contribution in [0, 0.1) is 0 Å². The molecule has 0 aromatic carbocycles. The van der Waals surface area contributed by atoms with Gasteiger partial charge in [0.05, 0.1) is 12.0 Å². The molecule has 1 aromatic rings. The van der Waals surface area contributed by atoms with E-state index in [0.29, 0.717) is 5.82 Å². The first-order valence-corrected chi connectivity index (χ1v) is 3.31. The first-order chi connectivity index (χ1) is 4.52. The minimum atomic E-state index is 0.0700. The number of nitrogens with zero attached hydrogens (tertiary/aromatic N) is 1. The topological polar surface area (TPSA) is 54.7 Å². The fourth-order valence-corrected chi connectivity index (χ4v) is 0.906. The minimum absolute atomic E-state index is 0.0700. The second-order valence-electron chi connectivity index (χ2n) is 3.41. The zero-order chi connectivity index (χ0) is 7.78. The Morgan fingerprint density at radius 3 is 2.30 bits per heavy atom. The van der Waals surface area contributed by atoms with E-state index < -0.39 is 0 Å². The first-order valence-electron chi connectivity index (χ1n) is 3.31. The van der Waals surface area contributed by atoms with Gasteiger partial charge in [0, 0.05) is 5.41 Å². The average Bonchev–Trinajstić information content (AvgIpc) is 2.11. The van der Waals surface area contributed by atoms with Crippen LogP contribution in [0.5, 0.6) is 0 Å². The fraction of sp³-hybridized carbons (Fsp3) is 0.571. The summed E-state index contributed by atoms with van der Waals surface area (Å²) in [6, 6.07) is 0. The number of hydrogen-bond acceptors (Lipinski definition) is 2. The predicted molar refractivity (Wildman–Crippen MR) is 41.7 cm³/mol. The second-order valence-corrected chi connectivity index (χ2v) is 3.41. The van der Waals surface area contributed by atoms with Crippen molar-refractivity contribution >= 4 is 5.82 Å². The molecule has 0 fully saturated rings. The number of nitrogens with two attached hydrogens (primary N) is 1. The van der Waals surface area contributed by atoms with Crippen LogP contribution >= 0.6 is 0 Å². The molecule has 10 heavy (non-hydrogen) atoms. The summed E-state index contributed by atoms with van der Waals surface area (Å²) in [5.74, 6) is 0.604. The van der Waals surface area contributed by atoms with Gasteiger partial charge in [0.2, 0.25) is 0 Å². The number of nitrogen functional groups attached to an aromatic ring is 1. The molecule has 0 aliphatic rings. The minimum Gasteiger partial charge on any atom is -0.382 e. The number of anilines is 1. The molecule has 0 bridgehead atoms. The number of nitrogens with one attached hydrogen (secondary N) is 1. The van der Waals surface area contributed by atoms with E-state index in [1.807, 2.05) is 0 Å². The van der Waals surface area contributed by atoms with Gasteiger partial charge < -0.3 is 10.7 Å². The maximum absolute atomic E-state index is 5.58. The summed E-state index contributed by atoms with van der Waals surface area (Å²) < 4.78 is 0. The third-order valence-electron chi connectivity index (χ3n) is 1.42. The zero-order valence-electron chi connectivity index (χ0n) is 6.60. The van der Waals surface area contributed by atoms with E-state index in [2.05, 4.69) is 30.7 Å². The van der Waals surface area contributed by atoms with Crippen LogP contribution in [0.4, 0.5) is 5.82 Å². The molecule has 1 rings (SSSR count). The lowest BCUT2D eigenvalue weighted by molar-refractivity contribution is 0.575. The molecule has 0 aliphatic carbocycles. The van der Waals surface area contributed by atoms with Crippen molar-refractivity contribution in [1.82, 2.24) is 9.97 Å². The monoisotopic (exact) mass is 139 g/mol. The molecule has 0 spiro atoms. The van der Waals surface area contributed by atoms with Crippen molar-refractivity contribution < 1.29 is 0 Å². The summed E-state index contributed by atoms with van der Waals surface area (Å²) in [7, 11) is 0. The molecule has 1 heterocycles. The summed E-state index contributed by atoms with van der Waals surface area (Å²) >= 11 is 0. The van der Waals surface area contributed by atoms with Crippen LogP contribution in [0.2, 0.25) is 0 Å². The zero-order valence-corrected chi connectivity index (χ0v) is 6.60. The Morgan fingerprint density at radius 2 is 2.10 bits per heavy atom. The standard InChI is InChI=1S/C7H13N3/c1-7(2,3)5-6(8)10-4-9-5/h4H,8H2,1-3H3,(H,9,10). The third-order valence-corrected chi connectivity index (χ3v) is 1.42. The van der Waals surface area contributed by atoms with Crippen LogP contribution < -0.4 is 5.73 Å². The van der Waals surface area contributed by atoms with Gasteiger partial charge in [0.15, 0.2) is 0 Å². The Labute approximate surface area is 60.7 Å². The summed E-state index contributed by atoms with van der Waals surface area (Å²) in [6.45, 7) is 6.28. The maximum atomic E-state index is 5.58. The van der Waals surface area contributed by atoms with Gasteiger partial charge in [-0.2, -0.15) is 0 Å². The lowest BCUT2D eigenvalue weighted by atomic mass is 9.92. The molecule has 0 amide bonds. The van der Waals surface area contributed by atoms with Crippen molar-refractivity contribution in [1.29, 1.82) is 0 Å². The molecule has 3 heteroatoms. The van der Waals surface area contributed by atoms with E-state index in [9.17, 15) is 0 Å². The SMILES string of the molecule is CC(C)(C)c1[nH]cnc1N. The lowest BCUT2D eigenvalue weighted by Gasteiger charge is -2.16. The Balaban J connectivity index is 3.05. The highest BCUT2D eigenvalue weighted by Gasteiger charge is 2.18. The van der Waals surface area contributed by atoms with Crippen LogP contribution in [-0.2, 0) is 5.41 Å². The van der Waals surface area contributed by atoms with Crippen molar-refractivity contribution in [3.05, 3.63) is 12.0 Å². The van der Waals surface area contributed by atoms with Gasteiger partial charge in [0.1, 0.15) is 5.82 Å². The summed E-state index contributed by atoms with van der Waals surface area (Å²) in [4.78, 5) is 6.91. The quantitative estimate of drug-likeness (QED) is 0.569. The van der Waals surface area contributed by atoms with Crippen LogP contribution in [0.1, 0.15) is 26.5 Å². The van der Waals surface area contributed by atoms with E-state index in [0.717, 1.165) is 5.69 Å². The number of aromatic nitrogens is 2. The summed E-state index contributed by atoms with van der Waals surface area (Å²) in [6.07, 6.45) is 1.62. The van der Waals surface area contributed by atoms with Crippen LogP contribution in [0.25, 0.3) is 0 Å². The predicted octanol–water partition coefficient (Wildman–Crippen LogP) is 1.29. The van der Waals surface area contributed by atoms with E-state index in [1.165, 1.54) is 0 Å². The van der Waals surface area contributed by atoms with E-state index in [-0.39, 0.29) is 5.41 Å². The Kier molecular flexibility index (Phi) is 1.43. The largest absolute Gasteiger partial charge is 0.382 e.